The van der Waals surface area contributed by atoms with Gasteiger partial charge < -0.3 is 10.2 Å². The maximum absolute atomic E-state index is 14.3. The van der Waals surface area contributed by atoms with Gasteiger partial charge in [-0.25, -0.2) is 14.4 Å². The van der Waals surface area contributed by atoms with Crippen molar-refractivity contribution in [1.29, 1.82) is 0 Å². The second-order valence-electron chi connectivity index (χ2n) is 5.06. The number of hydrogen-bond donors (Lipinski definition) is 1. The Morgan fingerprint density at radius 1 is 1.42 bits per heavy atom. The highest BCUT2D eigenvalue weighted by atomic mass is 19.1. The van der Waals surface area contributed by atoms with E-state index >= 15 is 0 Å². The molecule has 1 atom stereocenters. The molecular weight excluding hydrogens is 243 g/mol. The summed E-state index contributed by atoms with van der Waals surface area (Å²) >= 11 is 0. The summed E-state index contributed by atoms with van der Waals surface area (Å²) in [4.78, 5) is 10.2. The second kappa shape index (κ2) is 6.80. The fraction of sp³-hybridized carbons (Fsp3) is 0.714. The molecule has 1 fully saturated rings. The topological polar surface area (TPSA) is 41.1 Å². The standard InChI is InChI=1S/C14H23FN4/c1-3-12-13(15)14(18-10-17-12)19(4-2)9-11-6-5-7-16-8-11/h10-11,16H,3-9H2,1-2H3. The largest absolute Gasteiger partial charge is 0.354 e. The number of anilines is 1. The summed E-state index contributed by atoms with van der Waals surface area (Å²) < 4.78 is 14.3. The number of rotatable bonds is 5. The van der Waals surface area contributed by atoms with Crippen molar-refractivity contribution in [2.75, 3.05) is 31.1 Å². The molecule has 4 nitrogen and oxygen atoms in total. The van der Waals surface area contributed by atoms with Crippen LogP contribution in [-0.4, -0.2) is 36.1 Å². The molecule has 0 bridgehead atoms. The van der Waals surface area contributed by atoms with E-state index in [0.717, 1.165) is 26.2 Å². The van der Waals surface area contributed by atoms with Gasteiger partial charge in [0.15, 0.2) is 11.6 Å². The van der Waals surface area contributed by atoms with E-state index in [1.165, 1.54) is 19.2 Å². The highest BCUT2D eigenvalue weighted by molar-refractivity contribution is 5.41. The lowest BCUT2D eigenvalue weighted by molar-refractivity contribution is 0.376. The first kappa shape index (κ1) is 14.2. The molecule has 1 aromatic heterocycles. The van der Waals surface area contributed by atoms with Crippen molar-refractivity contribution in [2.45, 2.75) is 33.1 Å². The van der Waals surface area contributed by atoms with Crippen molar-refractivity contribution < 1.29 is 4.39 Å². The van der Waals surface area contributed by atoms with Crippen molar-refractivity contribution in [3.8, 4) is 0 Å². The Kier molecular flexibility index (Phi) is 5.07. The van der Waals surface area contributed by atoms with E-state index in [1.807, 2.05) is 18.7 Å². The minimum absolute atomic E-state index is 0.254. The fourth-order valence-electron chi connectivity index (χ4n) is 2.62. The van der Waals surface area contributed by atoms with E-state index < -0.39 is 0 Å². The number of aromatic nitrogens is 2. The molecule has 2 heterocycles. The van der Waals surface area contributed by atoms with Gasteiger partial charge in [-0.15, -0.1) is 0 Å². The number of hydrogen-bond acceptors (Lipinski definition) is 4. The number of aryl methyl sites for hydroxylation is 1. The van der Waals surface area contributed by atoms with Crippen LogP contribution in [0.15, 0.2) is 6.33 Å². The maximum atomic E-state index is 14.3. The van der Waals surface area contributed by atoms with Gasteiger partial charge in [-0.05, 0) is 45.2 Å². The Balaban J connectivity index is 2.12. The van der Waals surface area contributed by atoms with Gasteiger partial charge in [0.2, 0.25) is 0 Å². The monoisotopic (exact) mass is 266 g/mol. The molecule has 1 N–H and O–H groups in total. The summed E-state index contributed by atoms with van der Waals surface area (Å²) in [5.74, 6) is 0.781. The molecule has 106 valence electrons. The van der Waals surface area contributed by atoms with E-state index in [9.17, 15) is 4.39 Å². The molecule has 5 heteroatoms. The van der Waals surface area contributed by atoms with Crippen LogP contribution in [0.2, 0.25) is 0 Å². The van der Waals surface area contributed by atoms with Gasteiger partial charge in [0.05, 0.1) is 5.69 Å². The summed E-state index contributed by atoms with van der Waals surface area (Å²) in [5, 5.41) is 3.40. The first-order valence-corrected chi connectivity index (χ1v) is 7.21. The first-order valence-electron chi connectivity index (χ1n) is 7.21. The predicted molar refractivity (Wildman–Crippen MR) is 74.8 cm³/mol. The van der Waals surface area contributed by atoms with Crippen LogP contribution in [0.3, 0.4) is 0 Å². The Morgan fingerprint density at radius 2 is 2.26 bits per heavy atom. The van der Waals surface area contributed by atoms with Gasteiger partial charge >= 0.3 is 0 Å². The Morgan fingerprint density at radius 3 is 2.89 bits per heavy atom. The zero-order valence-electron chi connectivity index (χ0n) is 11.8. The van der Waals surface area contributed by atoms with E-state index in [1.54, 1.807) is 0 Å². The Bertz CT molecular complexity index is 404. The molecule has 0 spiro atoms. The van der Waals surface area contributed by atoms with Gasteiger partial charge in [0, 0.05) is 13.1 Å². The highest BCUT2D eigenvalue weighted by Crippen LogP contribution is 2.21. The van der Waals surface area contributed by atoms with Crippen molar-refractivity contribution >= 4 is 5.82 Å². The zero-order chi connectivity index (χ0) is 13.7. The number of piperidine rings is 1. The van der Waals surface area contributed by atoms with Crippen LogP contribution >= 0.6 is 0 Å². The normalized spacial score (nSPS) is 19.4. The first-order chi connectivity index (χ1) is 9.26. The molecule has 1 aromatic rings. The third kappa shape index (κ3) is 3.41. The molecule has 0 aliphatic carbocycles. The molecule has 0 saturated carbocycles. The second-order valence-corrected chi connectivity index (χ2v) is 5.06. The van der Waals surface area contributed by atoms with E-state index in [0.29, 0.717) is 23.9 Å². The Hall–Kier alpha value is -1.23. The average Bonchev–Trinajstić information content (AvgIpc) is 2.46. The lowest BCUT2D eigenvalue weighted by Gasteiger charge is -2.30. The smallest absolute Gasteiger partial charge is 0.187 e. The van der Waals surface area contributed by atoms with Gasteiger partial charge in [0.25, 0.3) is 0 Å². The molecule has 2 rings (SSSR count). The molecule has 1 unspecified atom stereocenters. The van der Waals surface area contributed by atoms with Crippen LogP contribution < -0.4 is 10.2 Å². The summed E-state index contributed by atoms with van der Waals surface area (Å²) in [6.07, 6.45) is 4.48. The van der Waals surface area contributed by atoms with E-state index in [4.69, 9.17) is 0 Å². The van der Waals surface area contributed by atoms with Crippen LogP contribution in [0.5, 0.6) is 0 Å². The van der Waals surface area contributed by atoms with Crippen LogP contribution in [-0.2, 0) is 6.42 Å². The SMILES string of the molecule is CCc1ncnc(N(CC)CC2CCCNC2)c1F. The third-order valence-corrected chi connectivity index (χ3v) is 3.74. The number of nitrogens with one attached hydrogen (secondary N) is 1. The summed E-state index contributed by atoms with van der Waals surface area (Å²) in [6.45, 7) is 7.71. The molecule has 0 amide bonds. The summed E-state index contributed by atoms with van der Waals surface area (Å²) in [7, 11) is 0. The summed E-state index contributed by atoms with van der Waals surface area (Å²) in [6, 6.07) is 0. The minimum Gasteiger partial charge on any atom is -0.354 e. The molecular formula is C14H23FN4. The molecule has 1 aliphatic heterocycles. The van der Waals surface area contributed by atoms with Crippen LogP contribution in [0.25, 0.3) is 0 Å². The molecule has 1 aliphatic rings. The molecule has 19 heavy (non-hydrogen) atoms. The number of halogens is 1. The van der Waals surface area contributed by atoms with Gasteiger partial charge in [-0.3, -0.25) is 0 Å². The predicted octanol–water partition coefficient (Wildman–Crippen LogP) is 2.00. The van der Waals surface area contributed by atoms with E-state index in [-0.39, 0.29) is 5.82 Å². The fourth-order valence-corrected chi connectivity index (χ4v) is 2.62. The lowest BCUT2D eigenvalue weighted by atomic mass is 9.99. The van der Waals surface area contributed by atoms with Gasteiger partial charge in [-0.1, -0.05) is 6.92 Å². The molecule has 1 saturated heterocycles. The summed E-state index contributed by atoms with van der Waals surface area (Å²) in [5.41, 5.74) is 0.505. The quantitative estimate of drug-likeness (QED) is 0.885. The van der Waals surface area contributed by atoms with Crippen molar-refractivity contribution in [3.63, 3.8) is 0 Å². The number of nitrogens with zero attached hydrogens (tertiary/aromatic N) is 3. The average molecular weight is 266 g/mol. The van der Waals surface area contributed by atoms with E-state index in [2.05, 4.69) is 15.3 Å². The maximum Gasteiger partial charge on any atom is 0.187 e. The van der Waals surface area contributed by atoms with Gasteiger partial charge in [0.1, 0.15) is 6.33 Å². The van der Waals surface area contributed by atoms with Crippen molar-refractivity contribution in [1.82, 2.24) is 15.3 Å². The highest BCUT2D eigenvalue weighted by Gasteiger charge is 2.20. The lowest BCUT2D eigenvalue weighted by Crippen LogP contribution is -2.39. The minimum atomic E-state index is -0.254. The van der Waals surface area contributed by atoms with Crippen LogP contribution in [0.4, 0.5) is 10.2 Å². The van der Waals surface area contributed by atoms with Gasteiger partial charge in [-0.2, -0.15) is 0 Å². The zero-order valence-corrected chi connectivity index (χ0v) is 11.8. The molecule has 0 radical (unpaired) electrons. The van der Waals surface area contributed by atoms with Crippen LogP contribution in [0.1, 0.15) is 32.4 Å². The third-order valence-electron chi connectivity index (χ3n) is 3.74. The van der Waals surface area contributed by atoms with Crippen molar-refractivity contribution in [3.05, 3.63) is 17.8 Å². The van der Waals surface area contributed by atoms with Crippen LogP contribution in [0, 0.1) is 11.7 Å². The Labute approximate surface area is 114 Å². The van der Waals surface area contributed by atoms with Crippen molar-refractivity contribution in [2.24, 2.45) is 5.92 Å². The molecule has 0 aromatic carbocycles.